The Morgan fingerprint density at radius 1 is 1.45 bits per heavy atom. The number of carbonyl (C=O) groups excluding carboxylic acids is 1. The van der Waals surface area contributed by atoms with E-state index in [2.05, 4.69) is 10.2 Å². The first-order chi connectivity index (χ1) is 10.6. The van der Waals surface area contributed by atoms with Crippen molar-refractivity contribution in [2.45, 2.75) is 25.3 Å². The van der Waals surface area contributed by atoms with Crippen molar-refractivity contribution >= 4 is 5.91 Å². The normalized spacial score (nSPS) is 18.7. The maximum absolute atomic E-state index is 13.3. The third-order valence-corrected chi connectivity index (χ3v) is 3.93. The van der Waals surface area contributed by atoms with Gasteiger partial charge in [0.2, 0.25) is 0 Å². The number of piperidine rings is 1. The zero-order valence-electron chi connectivity index (χ0n) is 12.4. The quantitative estimate of drug-likeness (QED) is 0.859. The van der Waals surface area contributed by atoms with E-state index in [0.717, 1.165) is 37.9 Å². The highest BCUT2D eigenvalue weighted by atomic mass is 19.1. The first-order valence-electron chi connectivity index (χ1n) is 7.48. The fourth-order valence-electron chi connectivity index (χ4n) is 2.76. The molecule has 0 saturated carbocycles. The molecule has 0 bridgehead atoms. The molecular weight excluding hydrogens is 285 g/mol. The van der Waals surface area contributed by atoms with Crippen molar-refractivity contribution in [3.8, 4) is 6.07 Å². The van der Waals surface area contributed by atoms with Gasteiger partial charge < -0.3 is 10.4 Å². The van der Waals surface area contributed by atoms with Crippen LogP contribution >= 0.6 is 0 Å². The molecule has 0 radical (unpaired) electrons. The second-order valence-electron chi connectivity index (χ2n) is 5.46. The average Bonchev–Trinajstić information content (AvgIpc) is 2.54. The molecule has 1 aromatic rings. The standard InChI is InChI=1S/C16H20FN3O2/c17-14-8-12(10-18)7-13(9-14)16(22)19-4-6-20-5-2-1-3-15(20)11-21/h7-9,15,21H,1-6,11H2,(H,19,22)/t15-/m1/s1. The number of carbonyl (C=O) groups is 1. The van der Waals surface area contributed by atoms with E-state index in [1.54, 1.807) is 0 Å². The Morgan fingerprint density at radius 2 is 2.27 bits per heavy atom. The van der Waals surface area contributed by atoms with E-state index in [1.165, 1.54) is 6.07 Å². The van der Waals surface area contributed by atoms with Crippen molar-refractivity contribution in [2.75, 3.05) is 26.2 Å². The zero-order chi connectivity index (χ0) is 15.9. The van der Waals surface area contributed by atoms with Crippen LogP contribution in [0, 0.1) is 17.1 Å². The summed E-state index contributed by atoms with van der Waals surface area (Å²) in [7, 11) is 0. The number of benzene rings is 1. The van der Waals surface area contributed by atoms with Gasteiger partial charge in [-0.3, -0.25) is 9.69 Å². The molecule has 2 N–H and O–H groups in total. The molecule has 6 heteroatoms. The van der Waals surface area contributed by atoms with Crippen LogP contribution < -0.4 is 5.32 Å². The summed E-state index contributed by atoms with van der Waals surface area (Å²) in [6.07, 6.45) is 3.19. The number of hydrogen-bond donors (Lipinski definition) is 2. The predicted molar refractivity (Wildman–Crippen MR) is 79.7 cm³/mol. The van der Waals surface area contributed by atoms with Crippen LogP contribution in [0.1, 0.15) is 35.2 Å². The summed E-state index contributed by atoms with van der Waals surface area (Å²) in [5.74, 6) is -0.992. The molecule has 0 unspecified atom stereocenters. The van der Waals surface area contributed by atoms with Crippen LogP contribution in [-0.4, -0.2) is 48.2 Å². The largest absolute Gasteiger partial charge is 0.395 e. The Morgan fingerprint density at radius 3 is 3.00 bits per heavy atom. The molecule has 5 nitrogen and oxygen atoms in total. The molecule has 1 aromatic carbocycles. The second kappa shape index (κ2) is 7.87. The molecule has 0 spiro atoms. The van der Waals surface area contributed by atoms with Gasteiger partial charge in [-0.25, -0.2) is 4.39 Å². The van der Waals surface area contributed by atoms with Crippen LogP contribution in [0.5, 0.6) is 0 Å². The molecule has 1 amide bonds. The molecule has 0 aromatic heterocycles. The summed E-state index contributed by atoms with van der Waals surface area (Å²) in [6.45, 7) is 2.12. The highest BCUT2D eigenvalue weighted by Gasteiger charge is 2.21. The number of rotatable bonds is 5. The lowest BCUT2D eigenvalue weighted by Crippen LogP contribution is -2.45. The topological polar surface area (TPSA) is 76.4 Å². The molecule has 2 rings (SSSR count). The van der Waals surface area contributed by atoms with Gasteiger partial charge in [-0.1, -0.05) is 6.42 Å². The summed E-state index contributed by atoms with van der Waals surface area (Å²) in [5.41, 5.74) is 0.274. The average molecular weight is 305 g/mol. The van der Waals surface area contributed by atoms with E-state index in [-0.39, 0.29) is 23.8 Å². The Balaban J connectivity index is 1.87. The number of aliphatic hydroxyl groups excluding tert-OH is 1. The minimum Gasteiger partial charge on any atom is -0.395 e. The van der Waals surface area contributed by atoms with Gasteiger partial charge in [0.15, 0.2) is 0 Å². The van der Waals surface area contributed by atoms with Crippen molar-refractivity contribution < 1.29 is 14.3 Å². The van der Waals surface area contributed by atoms with E-state index in [4.69, 9.17) is 5.26 Å². The van der Waals surface area contributed by atoms with Crippen LogP contribution in [-0.2, 0) is 0 Å². The number of nitrogens with zero attached hydrogens (tertiary/aromatic N) is 2. The Kier molecular flexibility index (Phi) is 5.87. The minimum atomic E-state index is -0.597. The van der Waals surface area contributed by atoms with Crippen LogP contribution in [0.25, 0.3) is 0 Å². The van der Waals surface area contributed by atoms with Crippen molar-refractivity contribution in [3.63, 3.8) is 0 Å². The summed E-state index contributed by atoms with van der Waals surface area (Å²) < 4.78 is 13.3. The lowest BCUT2D eigenvalue weighted by Gasteiger charge is -2.34. The molecule has 1 saturated heterocycles. The third-order valence-electron chi connectivity index (χ3n) is 3.93. The van der Waals surface area contributed by atoms with Crippen molar-refractivity contribution in [1.82, 2.24) is 10.2 Å². The minimum absolute atomic E-state index is 0.126. The molecule has 0 aliphatic carbocycles. The van der Waals surface area contributed by atoms with Crippen molar-refractivity contribution in [2.24, 2.45) is 0 Å². The fourth-order valence-corrected chi connectivity index (χ4v) is 2.76. The summed E-state index contributed by atoms with van der Waals surface area (Å²) in [5, 5.41) is 20.9. The molecule has 1 aliphatic rings. The number of nitriles is 1. The smallest absolute Gasteiger partial charge is 0.251 e. The number of halogens is 1. The maximum atomic E-state index is 13.3. The van der Waals surface area contributed by atoms with Gasteiger partial charge >= 0.3 is 0 Å². The zero-order valence-corrected chi connectivity index (χ0v) is 12.4. The number of aliphatic hydroxyl groups is 1. The molecule has 118 valence electrons. The lowest BCUT2D eigenvalue weighted by atomic mass is 10.0. The van der Waals surface area contributed by atoms with Gasteiger partial charge in [-0.15, -0.1) is 0 Å². The first-order valence-corrected chi connectivity index (χ1v) is 7.48. The lowest BCUT2D eigenvalue weighted by molar-refractivity contribution is 0.0849. The Labute approximate surface area is 129 Å². The number of amides is 1. The number of likely N-dealkylation sites (tertiary alicyclic amines) is 1. The first kappa shape index (κ1) is 16.4. The highest BCUT2D eigenvalue weighted by Crippen LogP contribution is 2.15. The maximum Gasteiger partial charge on any atom is 0.251 e. The van der Waals surface area contributed by atoms with E-state index >= 15 is 0 Å². The van der Waals surface area contributed by atoms with E-state index < -0.39 is 11.7 Å². The van der Waals surface area contributed by atoms with E-state index in [0.29, 0.717) is 13.1 Å². The van der Waals surface area contributed by atoms with Gasteiger partial charge in [0.05, 0.1) is 18.2 Å². The summed E-state index contributed by atoms with van der Waals surface area (Å²) in [6, 6.07) is 5.57. The summed E-state index contributed by atoms with van der Waals surface area (Å²) in [4.78, 5) is 14.2. The van der Waals surface area contributed by atoms with Crippen molar-refractivity contribution in [3.05, 3.63) is 35.1 Å². The van der Waals surface area contributed by atoms with Crippen LogP contribution in [0.4, 0.5) is 4.39 Å². The predicted octanol–water partition coefficient (Wildman–Crippen LogP) is 1.27. The van der Waals surface area contributed by atoms with Crippen LogP contribution in [0.2, 0.25) is 0 Å². The number of hydrogen-bond acceptors (Lipinski definition) is 4. The van der Waals surface area contributed by atoms with Gasteiger partial charge in [0, 0.05) is 24.7 Å². The number of nitrogens with one attached hydrogen (secondary N) is 1. The van der Waals surface area contributed by atoms with Crippen molar-refractivity contribution in [1.29, 1.82) is 5.26 Å². The Bertz CT molecular complexity index is 571. The second-order valence-corrected chi connectivity index (χ2v) is 5.46. The van der Waals surface area contributed by atoms with Crippen LogP contribution in [0.3, 0.4) is 0 Å². The Hall–Kier alpha value is -1.97. The fraction of sp³-hybridized carbons (Fsp3) is 0.500. The molecule has 22 heavy (non-hydrogen) atoms. The molecule has 1 aliphatic heterocycles. The van der Waals surface area contributed by atoms with E-state index in [9.17, 15) is 14.3 Å². The SMILES string of the molecule is N#Cc1cc(F)cc(C(=O)NCCN2CCCC[C@@H]2CO)c1. The van der Waals surface area contributed by atoms with Gasteiger partial charge in [-0.2, -0.15) is 5.26 Å². The van der Waals surface area contributed by atoms with Gasteiger partial charge in [0.25, 0.3) is 5.91 Å². The van der Waals surface area contributed by atoms with E-state index in [1.807, 2.05) is 6.07 Å². The van der Waals surface area contributed by atoms with Crippen LogP contribution in [0.15, 0.2) is 18.2 Å². The molecular formula is C16H20FN3O2. The van der Waals surface area contributed by atoms with Gasteiger partial charge in [-0.05, 0) is 37.6 Å². The highest BCUT2D eigenvalue weighted by molar-refractivity contribution is 5.94. The molecule has 1 heterocycles. The molecule has 1 fully saturated rings. The van der Waals surface area contributed by atoms with Gasteiger partial charge in [0.1, 0.15) is 5.82 Å². The monoisotopic (exact) mass is 305 g/mol. The third kappa shape index (κ3) is 4.26. The summed E-state index contributed by atoms with van der Waals surface area (Å²) >= 11 is 0. The molecule has 1 atom stereocenters.